The predicted octanol–water partition coefficient (Wildman–Crippen LogP) is 2.00. The van der Waals surface area contributed by atoms with Crippen molar-refractivity contribution in [3.63, 3.8) is 0 Å². The number of aliphatic hydroxyl groups is 1. The quantitative estimate of drug-likeness (QED) is 0.475. The van der Waals surface area contributed by atoms with Crippen LogP contribution in [-0.2, 0) is 26.2 Å². The fourth-order valence-electron chi connectivity index (χ4n) is 3.02. The molecule has 0 aliphatic rings. The average molecular weight is 438 g/mol. The highest BCUT2D eigenvalue weighted by molar-refractivity contribution is 5.68. The first kappa shape index (κ1) is 20.7. The van der Waals surface area contributed by atoms with Crippen molar-refractivity contribution < 1.29 is 27.2 Å². The smallest absolute Gasteiger partial charge is 0.388 e. The summed E-state index contributed by atoms with van der Waals surface area (Å²) in [6.45, 7) is -0.106. The molecule has 1 aromatic carbocycles. The number of hydrogen-bond donors (Lipinski definition) is 1. The van der Waals surface area contributed by atoms with Crippen LogP contribution in [0.4, 0.5) is 17.6 Å². The van der Waals surface area contributed by atoms with Crippen molar-refractivity contribution in [2.45, 2.75) is 25.2 Å². The van der Waals surface area contributed by atoms with E-state index >= 15 is 0 Å². The van der Waals surface area contributed by atoms with Crippen LogP contribution in [0, 0.1) is 5.82 Å². The normalized spacial score (nSPS) is 13.1. The fraction of sp³-hybridized carbons (Fsp3) is 0.278. The van der Waals surface area contributed by atoms with Crippen LogP contribution in [-0.4, -0.2) is 34.3 Å². The van der Waals surface area contributed by atoms with Gasteiger partial charge in [0.25, 0.3) is 5.56 Å². The molecule has 0 fully saturated rings. The van der Waals surface area contributed by atoms with Crippen LogP contribution in [0.3, 0.4) is 0 Å². The summed E-state index contributed by atoms with van der Waals surface area (Å²) < 4.78 is 59.8. The number of aryl methyl sites for hydroxylation is 1. The van der Waals surface area contributed by atoms with Gasteiger partial charge in [-0.3, -0.25) is 9.36 Å². The third-order valence-electron chi connectivity index (χ3n) is 4.58. The molecule has 0 saturated heterocycles. The van der Waals surface area contributed by atoms with E-state index in [9.17, 15) is 27.5 Å². The number of alkyl halides is 3. The lowest BCUT2D eigenvalue weighted by Gasteiger charge is -2.12. The summed E-state index contributed by atoms with van der Waals surface area (Å²) in [7, 11) is 1.65. The van der Waals surface area contributed by atoms with E-state index < -0.39 is 23.7 Å². The fourth-order valence-corrected chi connectivity index (χ4v) is 3.02. The molecule has 4 aromatic rings. The Bertz CT molecular complexity index is 1310. The van der Waals surface area contributed by atoms with E-state index in [2.05, 4.69) is 20.1 Å². The van der Waals surface area contributed by atoms with E-state index in [-0.39, 0.29) is 47.0 Å². The SMILES string of the molecule is Cn1cnc2ncn(Cc3nc(CC(O)c4ccc(C(F)(F)F)cc4F)no3)c(=O)c21. The second-order valence-electron chi connectivity index (χ2n) is 6.76. The monoisotopic (exact) mass is 438 g/mol. The largest absolute Gasteiger partial charge is 0.416 e. The third kappa shape index (κ3) is 4.03. The van der Waals surface area contributed by atoms with Gasteiger partial charge in [-0.1, -0.05) is 11.2 Å². The molecule has 13 heteroatoms. The number of aliphatic hydroxyl groups excluding tert-OH is 1. The van der Waals surface area contributed by atoms with Gasteiger partial charge in [0.05, 0.1) is 18.0 Å². The molecule has 0 aliphatic heterocycles. The standard InChI is InChI=1S/C18H14F4N6O3/c1-27-7-23-16-15(27)17(30)28(8-24-16)6-14-25-13(26-31-14)5-12(29)10-3-2-9(4-11(10)19)18(20,21)22/h2-4,7-8,12,29H,5-6H2,1H3. The van der Waals surface area contributed by atoms with Crippen molar-refractivity contribution in [3.8, 4) is 0 Å². The number of halogens is 4. The molecule has 0 radical (unpaired) electrons. The number of aromatic nitrogens is 6. The maximum atomic E-state index is 14.0. The molecule has 0 aliphatic carbocycles. The van der Waals surface area contributed by atoms with Crippen molar-refractivity contribution in [1.82, 2.24) is 29.2 Å². The molecule has 4 rings (SSSR count). The Morgan fingerprint density at radius 2 is 1.97 bits per heavy atom. The number of nitrogens with zero attached hydrogens (tertiary/aromatic N) is 6. The van der Waals surface area contributed by atoms with E-state index in [4.69, 9.17) is 4.52 Å². The van der Waals surface area contributed by atoms with Gasteiger partial charge in [0, 0.05) is 19.0 Å². The Morgan fingerprint density at radius 1 is 1.23 bits per heavy atom. The summed E-state index contributed by atoms with van der Waals surface area (Å²) in [6, 6.07) is 1.85. The number of hydrogen-bond acceptors (Lipinski definition) is 7. The van der Waals surface area contributed by atoms with Gasteiger partial charge < -0.3 is 14.2 Å². The maximum absolute atomic E-state index is 14.0. The lowest BCUT2D eigenvalue weighted by atomic mass is 10.0. The average Bonchev–Trinajstić information content (AvgIpc) is 3.30. The van der Waals surface area contributed by atoms with Gasteiger partial charge in [0.2, 0.25) is 5.89 Å². The van der Waals surface area contributed by atoms with E-state index in [1.54, 1.807) is 7.05 Å². The van der Waals surface area contributed by atoms with E-state index in [1.165, 1.54) is 21.8 Å². The van der Waals surface area contributed by atoms with E-state index in [0.29, 0.717) is 12.1 Å². The zero-order valence-electron chi connectivity index (χ0n) is 15.8. The summed E-state index contributed by atoms with van der Waals surface area (Å²) in [5, 5.41) is 13.9. The second kappa shape index (κ2) is 7.58. The lowest BCUT2D eigenvalue weighted by molar-refractivity contribution is -0.137. The predicted molar refractivity (Wildman–Crippen MR) is 96.2 cm³/mol. The highest BCUT2D eigenvalue weighted by Gasteiger charge is 2.31. The van der Waals surface area contributed by atoms with Crippen molar-refractivity contribution in [3.05, 3.63) is 69.9 Å². The van der Waals surface area contributed by atoms with Gasteiger partial charge in [-0.15, -0.1) is 0 Å². The highest BCUT2D eigenvalue weighted by Crippen LogP contribution is 2.31. The van der Waals surface area contributed by atoms with Gasteiger partial charge in [0.1, 0.15) is 18.7 Å². The Labute approximate surface area is 170 Å². The molecule has 3 heterocycles. The Balaban J connectivity index is 1.50. The molecule has 1 atom stereocenters. The third-order valence-corrected chi connectivity index (χ3v) is 4.58. The minimum absolute atomic E-state index is 0.00980. The molecule has 162 valence electrons. The Hall–Kier alpha value is -3.61. The van der Waals surface area contributed by atoms with Crippen molar-refractivity contribution in [1.29, 1.82) is 0 Å². The summed E-state index contributed by atoms with van der Waals surface area (Å²) in [4.78, 5) is 24.6. The molecule has 3 aromatic heterocycles. The first-order chi connectivity index (χ1) is 14.6. The van der Waals surface area contributed by atoms with Crippen LogP contribution in [0.2, 0.25) is 0 Å². The van der Waals surface area contributed by atoms with E-state index in [0.717, 1.165) is 6.07 Å². The summed E-state index contributed by atoms with van der Waals surface area (Å²) >= 11 is 0. The van der Waals surface area contributed by atoms with Gasteiger partial charge in [0.15, 0.2) is 17.0 Å². The molecular weight excluding hydrogens is 424 g/mol. The molecule has 1 unspecified atom stereocenters. The van der Waals surface area contributed by atoms with E-state index in [1.807, 2.05) is 0 Å². The molecule has 0 amide bonds. The minimum atomic E-state index is -4.70. The summed E-state index contributed by atoms with van der Waals surface area (Å²) in [5.41, 5.74) is -1.29. The molecular formula is C18H14F4N6O3. The molecule has 9 nitrogen and oxygen atoms in total. The summed E-state index contributed by atoms with van der Waals surface area (Å²) in [6.07, 6.45) is -3.77. The highest BCUT2D eigenvalue weighted by atomic mass is 19.4. The first-order valence-electron chi connectivity index (χ1n) is 8.86. The van der Waals surface area contributed by atoms with Crippen LogP contribution in [0.5, 0.6) is 0 Å². The van der Waals surface area contributed by atoms with Crippen molar-refractivity contribution in [2.24, 2.45) is 7.05 Å². The Morgan fingerprint density at radius 3 is 2.68 bits per heavy atom. The number of rotatable bonds is 5. The van der Waals surface area contributed by atoms with Crippen LogP contribution in [0.15, 0.2) is 40.2 Å². The van der Waals surface area contributed by atoms with Crippen LogP contribution in [0.25, 0.3) is 11.2 Å². The van der Waals surface area contributed by atoms with Gasteiger partial charge in [-0.25, -0.2) is 14.4 Å². The van der Waals surface area contributed by atoms with Crippen LogP contribution < -0.4 is 5.56 Å². The topological polar surface area (TPSA) is 112 Å². The van der Waals surface area contributed by atoms with Gasteiger partial charge in [-0.05, 0) is 12.1 Å². The number of imidazole rings is 1. The number of fused-ring (bicyclic) bond motifs is 1. The van der Waals surface area contributed by atoms with Crippen molar-refractivity contribution >= 4 is 11.2 Å². The molecule has 0 spiro atoms. The number of benzene rings is 1. The van der Waals surface area contributed by atoms with Gasteiger partial charge >= 0.3 is 6.18 Å². The van der Waals surface area contributed by atoms with Crippen molar-refractivity contribution in [2.75, 3.05) is 0 Å². The maximum Gasteiger partial charge on any atom is 0.416 e. The van der Waals surface area contributed by atoms with Gasteiger partial charge in [-0.2, -0.15) is 18.2 Å². The molecule has 0 bridgehead atoms. The molecule has 1 N–H and O–H groups in total. The van der Waals surface area contributed by atoms with Crippen LogP contribution in [0.1, 0.15) is 28.9 Å². The zero-order chi connectivity index (χ0) is 22.3. The van der Waals surface area contributed by atoms with Crippen LogP contribution >= 0.6 is 0 Å². The second-order valence-corrected chi connectivity index (χ2v) is 6.76. The Kier molecular flexibility index (Phi) is 5.05. The zero-order valence-corrected chi connectivity index (χ0v) is 15.8. The first-order valence-corrected chi connectivity index (χ1v) is 8.86. The lowest BCUT2D eigenvalue weighted by Crippen LogP contribution is -2.22. The molecule has 31 heavy (non-hydrogen) atoms. The minimum Gasteiger partial charge on any atom is -0.388 e. The molecule has 0 saturated carbocycles. The summed E-state index contributed by atoms with van der Waals surface area (Å²) in [5.74, 6) is -1.18.